The first-order chi connectivity index (χ1) is 11.6. The van der Waals surface area contributed by atoms with E-state index in [1.165, 1.54) is 0 Å². The third-order valence-electron chi connectivity index (χ3n) is 4.23. The zero-order chi connectivity index (χ0) is 17.4. The van der Waals surface area contributed by atoms with E-state index >= 15 is 0 Å². The largest absolute Gasteiger partial charge is 0.497 e. The highest BCUT2D eigenvalue weighted by atomic mass is 16.5. The third kappa shape index (κ3) is 5.53. The number of hydrogen-bond donors (Lipinski definition) is 1. The number of benzene rings is 1. The van der Waals surface area contributed by atoms with Gasteiger partial charge in [-0.05, 0) is 31.0 Å². The first-order valence-corrected chi connectivity index (χ1v) is 8.52. The highest BCUT2D eigenvalue weighted by Gasteiger charge is 2.21. The van der Waals surface area contributed by atoms with Crippen LogP contribution in [0.5, 0.6) is 5.75 Å². The molecule has 0 radical (unpaired) electrons. The van der Waals surface area contributed by atoms with E-state index in [0.29, 0.717) is 32.6 Å². The average Bonchev–Trinajstić information content (AvgIpc) is 2.60. The second kappa shape index (κ2) is 9.27. The molecule has 1 heterocycles. The lowest BCUT2D eigenvalue weighted by molar-refractivity contribution is -0.133. The van der Waals surface area contributed by atoms with Crippen molar-refractivity contribution in [2.45, 2.75) is 19.8 Å². The van der Waals surface area contributed by atoms with Crippen LogP contribution in [0.25, 0.3) is 0 Å². The van der Waals surface area contributed by atoms with Gasteiger partial charge in [-0.25, -0.2) is 0 Å². The van der Waals surface area contributed by atoms with E-state index < -0.39 is 0 Å². The zero-order valence-electron chi connectivity index (χ0n) is 14.6. The van der Waals surface area contributed by atoms with E-state index in [1.54, 1.807) is 7.11 Å². The minimum atomic E-state index is 0.0512. The predicted molar refractivity (Wildman–Crippen MR) is 93.0 cm³/mol. The molecule has 1 N–H and O–H groups in total. The standard InChI is InChI=1S/C18H27N3O3/c1-3-19-17(22)14-20-9-11-21(12-10-20)18(23)8-7-15-5-4-6-16(13-15)24-2/h4-6,13H,3,7-12,14H2,1-2H3,(H,19,22). The summed E-state index contributed by atoms with van der Waals surface area (Å²) in [5.74, 6) is 1.05. The smallest absolute Gasteiger partial charge is 0.234 e. The number of hydrogen-bond acceptors (Lipinski definition) is 4. The minimum absolute atomic E-state index is 0.0512. The van der Waals surface area contributed by atoms with Gasteiger partial charge < -0.3 is 15.0 Å². The van der Waals surface area contributed by atoms with Crippen LogP contribution in [0.3, 0.4) is 0 Å². The fourth-order valence-electron chi connectivity index (χ4n) is 2.85. The molecule has 1 aromatic rings. The van der Waals surface area contributed by atoms with E-state index in [9.17, 15) is 9.59 Å². The Hall–Kier alpha value is -2.08. The van der Waals surface area contributed by atoms with Crippen LogP contribution in [0.4, 0.5) is 0 Å². The predicted octanol–water partition coefficient (Wildman–Crippen LogP) is 0.908. The molecule has 1 aliphatic rings. The van der Waals surface area contributed by atoms with Gasteiger partial charge in [0.1, 0.15) is 5.75 Å². The maximum atomic E-state index is 12.4. The number of amides is 2. The van der Waals surface area contributed by atoms with Gasteiger partial charge in [-0.15, -0.1) is 0 Å². The van der Waals surface area contributed by atoms with E-state index in [-0.39, 0.29) is 11.8 Å². The van der Waals surface area contributed by atoms with Crippen molar-refractivity contribution in [1.82, 2.24) is 15.1 Å². The molecule has 2 rings (SSSR count). The number of rotatable bonds is 7. The van der Waals surface area contributed by atoms with Crippen LogP contribution >= 0.6 is 0 Å². The maximum absolute atomic E-state index is 12.4. The molecule has 1 fully saturated rings. The average molecular weight is 333 g/mol. The van der Waals surface area contributed by atoms with Gasteiger partial charge in [0.2, 0.25) is 11.8 Å². The molecule has 6 heteroatoms. The molecular formula is C18H27N3O3. The van der Waals surface area contributed by atoms with Crippen LogP contribution in [-0.4, -0.2) is 68.0 Å². The normalized spacial score (nSPS) is 15.2. The third-order valence-corrected chi connectivity index (χ3v) is 4.23. The minimum Gasteiger partial charge on any atom is -0.497 e. The fraction of sp³-hybridized carbons (Fsp3) is 0.556. The molecule has 1 aromatic carbocycles. The van der Waals surface area contributed by atoms with Gasteiger partial charge in [0.05, 0.1) is 13.7 Å². The van der Waals surface area contributed by atoms with Crippen LogP contribution in [-0.2, 0) is 16.0 Å². The number of methoxy groups -OCH3 is 1. The number of aryl methyl sites for hydroxylation is 1. The number of nitrogens with zero attached hydrogens (tertiary/aromatic N) is 2. The van der Waals surface area contributed by atoms with Gasteiger partial charge >= 0.3 is 0 Å². The molecule has 24 heavy (non-hydrogen) atoms. The summed E-state index contributed by atoms with van der Waals surface area (Å²) < 4.78 is 5.21. The van der Waals surface area contributed by atoms with Crippen molar-refractivity contribution in [3.05, 3.63) is 29.8 Å². The lowest BCUT2D eigenvalue weighted by Crippen LogP contribution is -2.51. The summed E-state index contributed by atoms with van der Waals surface area (Å²) in [4.78, 5) is 27.9. The van der Waals surface area contributed by atoms with Gasteiger partial charge in [0.15, 0.2) is 0 Å². The van der Waals surface area contributed by atoms with E-state index in [4.69, 9.17) is 4.74 Å². The van der Waals surface area contributed by atoms with Gasteiger partial charge in [0, 0.05) is 39.1 Å². The maximum Gasteiger partial charge on any atom is 0.234 e. The van der Waals surface area contributed by atoms with Crippen molar-refractivity contribution in [3.8, 4) is 5.75 Å². The zero-order valence-corrected chi connectivity index (χ0v) is 14.6. The molecule has 0 saturated carbocycles. The lowest BCUT2D eigenvalue weighted by atomic mass is 10.1. The van der Waals surface area contributed by atoms with E-state index in [1.807, 2.05) is 36.1 Å². The Kier molecular flexibility index (Phi) is 7.06. The summed E-state index contributed by atoms with van der Waals surface area (Å²) >= 11 is 0. The first kappa shape index (κ1) is 18.3. The van der Waals surface area contributed by atoms with Crippen molar-refractivity contribution in [3.63, 3.8) is 0 Å². The highest BCUT2D eigenvalue weighted by Crippen LogP contribution is 2.14. The topological polar surface area (TPSA) is 61.9 Å². The van der Waals surface area contributed by atoms with Crippen LogP contribution in [0.2, 0.25) is 0 Å². The summed E-state index contributed by atoms with van der Waals surface area (Å²) in [6, 6.07) is 7.83. The summed E-state index contributed by atoms with van der Waals surface area (Å²) in [6.45, 7) is 5.87. The van der Waals surface area contributed by atoms with Crippen molar-refractivity contribution in [2.24, 2.45) is 0 Å². The Bertz CT molecular complexity index is 554. The van der Waals surface area contributed by atoms with Gasteiger partial charge in [-0.1, -0.05) is 12.1 Å². The first-order valence-electron chi connectivity index (χ1n) is 8.52. The molecule has 6 nitrogen and oxygen atoms in total. The Balaban J connectivity index is 1.73. The number of likely N-dealkylation sites (N-methyl/N-ethyl adjacent to an activating group) is 1. The Morgan fingerprint density at radius 1 is 1.21 bits per heavy atom. The highest BCUT2D eigenvalue weighted by molar-refractivity contribution is 5.78. The molecule has 2 amide bonds. The van der Waals surface area contributed by atoms with Gasteiger partial charge in [-0.3, -0.25) is 14.5 Å². The van der Waals surface area contributed by atoms with Crippen molar-refractivity contribution in [1.29, 1.82) is 0 Å². The molecule has 0 unspecified atom stereocenters. The van der Waals surface area contributed by atoms with Crippen molar-refractivity contribution in [2.75, 3.05) is 46.4 Å². The van der Waals surface area contributed by atoms with Crippen LogP contribution in [0.1, 0.15) is 18.9 Å². The fourth-order valence-corrected chi connectivity index (χ4v) is 2.85. The molecule has 0 aromatic heterocycles. The SMILES string of the molecule is CCNC(=O)CN1CCN(C(=O)CCc2cccc(OC)c2)CC1. The van der Waals surface area contributed by atoms with Crippen LogP contribution in [0.15, 0.2) is 24.3 Å². The molecule has 0 spiro atoms. The number of nitrogens with one attached hydrogen (secondary N) is 1. The van der Waals surface area contributed by atoms with Gasteiger partial charge in [-0.2, -0.15) is 0 Å². The molecule has 0 atom stereocenters. The summed E-state index contributed by atoms with van der Waals surface area (Å²) in [5, 5.41) is 2.80. The molecule has 0 bridgehead atoms. The number of piperazine rings is 1. The molecule has 1 aliphatic heterocycles. The van der Waals surface area contributed by atoms with Crippen LogP contribution < -0.4 is 10.1 Å². The monoisotopic (exact) mass is 333 g/mol. The van der Waals surface area contributed by atoms with Crippen molar-refractivity contribution < 1.29 is 14.3 Å². The Morgan fingerprint density at radius 3 is 2.62 bits per heavy atom. The quantitative estimate of drug-likeness (QED) is 0.806. The van der Waals surface area contributed by atoms with Crippen LogP contribution in [0, 0.1) is 0 Å². The summed E-state index contributed by atoms with van der Waals surface area (Å²) in [6.07, 6.45) is 1.22. The molecule has 0 aliphatic carbocycles. The van der Waals surface area contributed by atoms with Gasteiger partial charge in [0.25, 0.3) is 0 Å². The van der Waals surface area contributed by atoms with Crippen molar-refractivity contribution >= 4 is 11.8 Å². The second-order valence-corrected chi connectivity index (χ2v) is 5.96. The Labute approximate surface area is 143 Å². The number of carbonyl (C=O) groups is 2. The number of ether oxygens (including phenoxy) is 1. The summed E-state index contributed by atoms with van der Waals surface area (Å²) in [5.41, 5.74) is 1.11. The summed E-state index contributed by atoms with van der Waals surface area (Å²) in [7, 11) is 1.64. The molecule has 1 saturated heterocycles. The molecular weight excluding hydrogens is 306 g/mol. The second-order valence-electron chi connectivity index (χ2n) is 5.96. The number of carbonyl (C=O) groups excluding carboxylic acids is 2. The lowest BCUT2D eigenvalue weighted by Gasteiger charge is -2.34. The Morgan fingerprint density at radius 2 is 1.96 bits per heavy atom. The van der Waals surface area contributed by atoms with E-state index in [0.717, 1.165) is 30.8 Å². The van der Waals surface area contributed by atoms with E-state index in [2.05, 4.69) is 10.2 Å². The molecule has 132 valence electrons.